The van der Waals surface area contributed by atoms with Crippen molar-refractivity contribution in [2.24, 2.45) is 14.1 Å². The van der Waals surface area contributed by atoms with E-state index in [2.05, 4.69) is 29.8 Å². The lowest BCUT2D eigenvalue weighted by atomic mass is 9.98. The fourth-order valence-electron chi connectivity index (χ4n) is 5.05. The van der Waals surface area contributed by atoms with Crippen molar-refractivity contribution in [1.82, 2.24) is 18.7 Å². The predicted octanol–water partition coefficient (Wildman–Crippen LogP) is 3.42. The summed E-state index contributed by atoms with van der Waals surface area (Å²) in [5.74, 6) is -0.304. The van der Waals surface area contributed by atoms with E-state index in [4.69, 9.17) is 4.74 Å². The summed E-state index contributed by atoms with van der Waals surface area (Å²) in [7, 11) is 4.90. The van der Waals surface area contributed by atoms with Crippen LogP contribution in [0, 0.1) is 0 Å². The molecule has 0 spiro atoms. The van der Waals surface area contributed by atoms with Gasteiger partial charge < -0.3 is 9.64 Å². The maximum absolute atomic E-state index is 13.2. The van der Waals surface area contributed by atoms with Crippen molar-refractivity contribution >= 4 is 28.4 Å². The van der Waals surface area contributed by atoms with Gasteiger partial charge in [-0.2, -0.15) is 0 Å². The maximum atomic E-state index is 13.2. The lowest BCUT2D eigenvalue weighted by Gasteiger charge is -2.32. The van der Waals surface area contributed by atoms with E-state index in [1.807, 2.05) is 12.3 Å². The molecule has 0 radical (unpaired) electrons. The third-order valence-corrected chi connectivity index (χ3v) is 6.96. The van der Waals surface area contributed by atoms with Gasteiger partial charge in [-0.1, -0.05) is 13.8 Å². The van der Waals surface area contributed by atoms with E-state index in [1.54, 1.807) is 46.0 Å². The molecule has 1 aliphatic heterocycles. The minimum absolute atomic E-state index is 0.0576. The number of imidazole rings is 1. The van der Waals surface area contributed by atoms with Gasteiger partial charge in [0.05, 0.1) is 35.7 Å². The van der Waals surface area contributed by atoms with E-state index < -0.39 is 5.97 Å². The number of carbonyl (C=O) groups is 1. The zero-order chi connectivity index (χ0) is 25.7. The first-order valence-corrected chi connectivity index (χ1v) is 12.0. The lowest BCUT2D eigenvalue weighted by Crippen LogP contribution is -2.29. The molecule has 36 heavy (non-hydrogen) atoms. The van der Waals surface area contributed by atoms with Gasteiger partial charge in [-0.15, -0.1) is 0 Å². The van der Waals surface area contributed by atoms with Gasteiger partial charge in [0, 0.05) is 38.6 Å². The van der Waals surface area contributed by atoms with Gasteiger partial charge in [-0.25, -0.2) is 14.6 Å². The average molecular weight is 488 g/mol. The smallest absolute Gasteiger partial charge is 0.356 e. The van der Waals surface area contributed by atoms with Crippen LogP contribution in [0.25, 0.3) is 16.7 Å². The van der Waals surface area contributed by atoms with Gasteiger partial charge in [-0.3, -0.25) is 18.5 Å². The molecule has 3 aromatic heterocycles. The number of carbonyl (C=O) groups excluding carboxylic acids is 1. The summed E-state index contributed by atoms with van der Waals surface area (Å²) >= 11 is 0. The lowest BCUT2D eigenvalue weighted by molar-refractivity contribution is 0.0594. The molecule has 9 nitrogen and oxygen atoms in total. The molecule has 0 N–H and O–H groups in total. The molecule has 0 aliphatic carbocycles. The van der Waals surface area contributed by atoms with Crippen LogP contribution < -0.4 is 16.1 Å². The quantitative estimate of drug-likeness (QED) is 0.410. The molecule has 1 aromatic carbocycles. The van der Waals surface area contributed by atoms with Gasteiger partial charge in [0.25, 0.3) is 5.56 Å². The van der Waals surface area contributed by atoms with Crippen molar-refractivity contribution in [2.45, 2.75) is 32.6 Å². The number of ether oxygens (including phenoxy) is 1. The monoisotopic (exact) mass is 487 g/mol. The van der Waals surface area contributed by atoms with E-state index in [1.165, 1.54) is 13.3 Å². The fourth-order valence-corrected chi connectivity index (χ4v) is 5.05. The largest absolute Gasteiger partial charge is 0.464 e. The summed E-state index contributed by atoms with van der Waals surface area (Å²) in [5.41, 5.74) is 6.32. The molecule has 186 valence electrons. The predicted molar refractivity (Wildman–Crippen MR) is 139 cm³/mol. The Hall–Kier alpha value is -4.14. The highest BCUT2D eigenvalue weighted by Gasteiger charge is 2.24. The molecular formula is C27H29N5O4. The molecule has 4 aromatic rings. The van der Waals surface area contributed by atoms with Crippen LogP contribution in [-0.2, 0) is 25.3 Å². The van der Waals surface area contributed by atoms with Gasteiger partial charge in [0.15, 0.2) is 0 Å². The third kappa shape index (κ3) is 3.71. The van der Waals surface area contributed by atoms with Crippen LogP contribution in [0.5, 0.6) is 0 Å². The number of methoxy groups -OCH3 is 1. The van der Waals surface area contributed by atoms with Gasteiger partial charge in [0.2, 0.25) is 0 Å². The second-order valence-corrected chi connectivity index (χ2v) is 9.50. The topological polar surface area (TPSA) is 91.4 Å². The number of benzene rings is 1. The first-order valence-electron chi connectivity index (χ1n) is 12.0. The molecule has 1 aliphatic rings. The number of nitrogens with zero attached hydrogens (tertiary/aromatic N) is 5. The second kappa shape index (κ2) is 8.82. The number of hydrogen-bond donors (Lipinski definition) is 0. The van der Waals surface area contributed by atoms with Crippen LogP contribution in [-0.4, -0.2) is 38.3 Å². The molecule has 0 saturated heterocycles. The summed E-state index contributed by atoms with van der Waals surface area (Å²) < 4.78 is 9.64. The van der Waals surface area contributed by atoms with Crippen molar-refractivity contribution in [2.75, 3.05) is 18.6 Å². The molecule has 0 fully saturated rings. The van der Waals surface area contributed by atoms with E-state index in [-0.39, 0.29) is 22.9 Å². The summed E-state index contributed by atoms with van der Waals surface area (Å²) in [6, 6.07) is 9.08. The highest BCUT2D eigenvalue weighted by molar-refractivity contribution is 5.87. The van der Waals surface area contributed by atoms with E-state index in [0.29, 0.717) is 5.69 Å². The molecule has 0 unspecified atom stereocenters. The maximum Gasteiger partial charge on any atom is 0.356 e. The van der Waals surface area contributed by atoms with Gasteiger partial charge in [0.1, 0.15) is 5.69 Å². The van der Waals surface area contributed by atoms with Crippen LogP contribution in [0.4, 0.5) is 11.4 Å². The Labute approximate surface area is 208 Å². The van der Waals surface area contributed by atoms with E-state index in [0.717, 1.165) is 52.9 Å². The molecular weight excluding hydrogens is 458 g/mol. The number of esters is 1. The number of aromatic nitrogens is 4. The highest BCUT2D eigenvalue weighted by Crippen LogP contribution is 2.37. The Morgan fingerprint density at radius 3 is 2.50 bits per heavy atom. The summed E-state index contributed by atoms with van der Waals surface area (Å²) in [5, 5.41) is 0. The summed E-state index contributed by atoms with van der Waals surface area (Å²) in [6.45, 7) is 5.02. The van der Waals surface area contributed by atoms with Crippen molar-refractivity contribution in [3.63, 3.8) is 0 Å². The normalized spacial score (nSPS) is 13.3. The number of fused-ring (bicyclic) bond motifs is 2. The average Bonchev–Trinajstić information content (AvgIpc) is 3.10. The van der Waals surface area contributed by atoms with Crippen LogP contribution in [0.2, 0.25) is 0 Å². The fraction of sp³-hybridized carbons (Fsp3) is 0.333. The molecule has 4 heterocycles. The highest BCUT2D eigenvalue weighted by atomic mass is 16.5. The molecule has 0 saturated carbocycles. The molecule has 0 amide bonds. The van der Waals surface area contributed by atoms with Crippen LogP contribution in [0.1, 0.15) is 47.8 Å². The Morgan fingerprint density at radius 2 is 1.83 bits per heavy atom. The minimum Gasteiger partial charge on any atom is -0.464 e. The number of pyridine rings is 2. The minimum atomic E-state index is -0.524. The number of anilines is 2. The Morgan fingerprint density at radius 1 is 1.06 bits per heavy atom. The second-order valence-electron chi connectivity index (χ2n) is 9.50. The van der Waals surface area contributed by atoms with E-state index >= 15 is 0 Å². The SMILES string of the molecule is COC(=O)c1ccc(-n2cc3c(cc2=O)N(c2cc(C(C)C)c4c(c2)n(C)c(=O)n4C)CCC3)cn1. The molecule has 9 heteroatoms. The zero-order valence-corrected chi connectivity index (χ0v) is 21.1. The molecule has 0 atom stereocenters. The van der Waals surface area contributed by atoms with Crippen molar-refractivity contribution in [1.29, 1.82) is 0 Å². The van der Waals surface area contributed by atoms with Crippen molar-refractivity contribution < 1.29 is 9.53 Å². The standard InChI is InChI=1S/C27H29N5O4/c1-16(2)20-11-19(12-23-25(20)30(4)27(35)29(23)3)31-10-6-7-17-15-32(24(33)13-22(17)31)18-8-9-21(28-14-18)26(34)36-5/h8-9,11-16H,6-7,10H2,1-5H3. The van der Waals surface area contributed by atoms with Gasteiger partial charge in [-0.05, 0) is 54.2 Å². The van der Waals surface area contributed by atoms with E-state index in [9.17, 15) is 14.4 Å². The summed E-state index contributed by atoms with van der Waals surface area (Å²) in [4.78, 5) is 43.9. The molecule has 5 rings (SSSR count). The number of rotatable bonds is 4. The Kier molecular flexibility index (Phi) is 5.78. The molecule has 0 bridgehead atoms. The van der Waals surface area contributed by atoms with Gasteiger partial charge >= 0.3 is 11.7 Å². The summed E-state index contributed by atoms with van der Waals surface area (Å²) in [6.07, 6.45) is 5.12. The van der Waals surface area contributed by atoms with Crippen LogP contribution in [0.15, 0.2) is 52.3 Å². The van der Waals surface area contributed by atoms with Crippen LogP contribution >= 0.6 is 0 Å². The zero-order valence-electron chi connectivity index (χ0n) is 21.1. The first kappa shape index (κ1) is 23.6. The third-order valence-electron chi connectivity index (χ3n) is 6.96. The van der Waals surface area contributed by atoms with Crippen molar-refractivity contribution in [3.8, 4) is 5.69 Å². The van der Waals surface area contributed by atoms with Crippen LogP contribution in [0.3, 0.4) is 0 Å². The first-order chi connectivity index (χ1) is 17.2. The Balaban J connectivity index is 1.61. The Bertz CT molecular complexity index is 1610. The number of aryl methyl sites for hydroxylation is 3. The number of hydrogen-bond acceptors (Lipinski definition) is 6. The van der Waals surface area contributed by atoms with Crippen molar-refractivity contribution in [3.05, 3.63) is 80.4 Å².